The molecule has 1 saturated heterocycles. The summed E-state index contributed by atoms with van der Waals surface area (Å²) in [4.78, 5) is 13.5. The van der Waals surface area contributed by atoms with Crippen LogP contribution in [0.4, 0.5) is 4.79 Å². The summed E-state index contributed by atoms with van der Waals surface area (Å²) in [7, 11) is 0. The molecule has 1 aromatic carbocycles. The van der Waals surface area contributed by atoms with Crippen molar-refractivity contribution in [2.75, 3.05) is 32.8 Å². The van der Waals surface area contributed by atoms with Crippen molar-refractivity contribution in [3.8, 4) is 5.75 Å². The lowest BCUT2D eigenvalue weighted by Crippen LogP contribution is -2.41. The minimum atomic E-state index is -0.937. The normalized spacial score (nSPS) is 20.0. The maximum atomic E-state index is 11.0. The molecule has 3 rings (SSSR count). The number of hydrogen-bond donors (Lipinski definition) is 2. The van der Waals surface area contributed by atoms with Crippen LogP contribution in [-0.4, -0.2) is 48.9 Å². The van der Waals surface area contributed by atoms with Gasteiger partial charge in [-0.1, -0.05) is 31.4 Å². The third-order valence-corrected chi connectivity index (χ3v) is 5.94. The number of likely N-dealkylation sites (tertiary alicyclic amines) is 1. The molecule has 2 N–H and O–H groups in total. The quantitative estimate of drug-likeness (QED) is 0.687. The van der Waals surface area contributed by atoms with E-state index in [1.165, 1.54) is 37.9 Å². The average molecular weight is 360 g/mol. The highest BCUT2D eigenvalue weighted by Crippen LogP contribution is 2.39. The van der Waals surface area contributed by atoms with Crippen molar-refractivity contribution in [3.63, 3.8) is 0 Å². The minimum Gasteiger partial charge on any atom is -0.494 e. The van der Waals surface area contributed by atoms with Crippen LogP contribution >= 0.6 is 0 Å². The van der Waals surface area contributed by atoms with Crippen LogP contribution in [0.5, 0.6) is 5.75 Å². The summed E-state index contributed by atoms with van der Waals surface area (Å²) in [6, 6.07) is 8.35. The number of benzene rings is 1. The highest BCUT2D eigenvalue weighted by molar-refractivity contribution is 5.64. The first kappa shape index (κ1) is 19.0. The summed E-state index contributed by atoms with van der Waals surface area (Å²) in [5.74, 6) is 0.910. The van der Waals surface area contributed by atoms with Crippen LogP contribution in [0.25, 0.3) is 0 Å². The second-order valence-electron chi connectivity index (χ2n) is 7.77. The van der Waals surface area contributed by atoms with E-state index in [0.29, 0.717) is 6.54 Å². The van der Waals surface area contributed by atoms with Gasteiger partial charge in [0.05, 0.1) is 6.61 Å². The van der Waals surface area contributed by atoms with Gasteiger partial charge in [-0.2, -0.15) is 0 Å². The molecule has 0 unspecified atom stereocenters. The molecule has 0 atom stereocenters. The Labute approximate surface area is 156 Å². The van der Waals surface area contributed by atoms with Crippen molar-refractivity contribution in [2.45, 2.75) is 56.8 Å². The lowest BCUT2D eigenvalue weighted by molar-refractivity contribution is 0.186. The van der Waals surface area contributed by atoms with Crippen molar-refractivity contribution in [2.24, 2.45) is 0 Å². The first-order valence-electron chi connectivity index (χ1n) is 10.1. The Morgan fingerprint density at radius 2 is 1.77 bits per heavy atom. The number of rotatable bonds is 8. The number of amides is 1. The first-order chi connectivity index (χ1) is 12.7. The summed E-state index contributed by atoms with van der Waals surface area (Å²) >= 11 is 0. The van der Waals surface area contributed by atoms with Crippen molar-refractivity contribution < 1.29 is 14.6 Å². The van der Waals surface area contributed by atoms with Gasteiger partial charge in [-0.15, -0.1) is 0 Å². The van der Waals surface area contributed by atoms with E-state index in [0.717, 1.165) is 51.0 Å². The molecule has 0 aromatic heterocycles. The summed E-state index contributed by atoms with van der Waals surface area (Å²) in [6.07, 6.45) is 8.45. The molecule has 1 amide bonds. The average Bonchev–Trinajstić information content (AvgIpc) is 3.18. The molecular weight excluding hydrogens is 328 g/mol. The lowest BCUT2D eigenvalue weighted by atomic mass is 9.69. The van der Waals surface area contributed by atoms with E-state index < -0.39 is 6.09 Å². The van der Waals surface area contributed by atoms with Crippen LogP contribution in [0, 0.1) is 0 Å². The molecule has 144 valence electrons. The van der Waals surface area contributed by atoms with Gasteiger partial charge in [-0.25, -0.2) is 4.79 Å². The number of carbonyl (C=O) groups is 1. The SMILES string of the molecule is O=C(O)NCC1(c2ccc(OCCCN3CCCC3)cc2)CCCCC1. The summed E-state index contributed by atoms with van der Waals surface area (Å²) in [5.41, 5.74) is 1.17. The molecule has 1 heterocycles. The van der Waals surface area contributed by atoms with E-state index in [1.54, 1.807) is 0 Å². The molecule has 1 saturated carbocycles. The van der Waals surface area contributed by atoms with Gasteiger partial charge in [0.1, 0.15) is 5.75 Å². The summed E-state index contributed by atoms with van der Waals surface area (Å²) in [5, 5.41) is 11.6. The Kier molecular flexibility index (Phi) is 6.78. The lowest BCUT2D eigenvalue weighted by Gasteiger charge is -2.37. The van der Waals surface area contributed by atoms with Crippen molar-refractivity contribution >= 4 is 6.09 Å². The Morgan fingerprint density at radius 3 is 2.42 bits per heavy atom. The van der Waals surface area contributed by atoms with E-state index in [2.05, 4.69) is 22.3 Å². The molecule has 0 spiro atoms. The van der Waals surface area contributed by atoms with Crippen LogP contribution < -0.4 is 10.1 Å². The van der Waals surface area contributed by atoms with Gasteiger partial charge < -0.3 is 20.1 Å². The third-order valence-electron chi connectivity index (χ3n) is 5.94. The van der Waals surface area contributed by atoms with Gasteiger partial charge in [0.15, 0.2) is 0 Å². The van der Waals surface area contributed by atoms with E-state index in [-0.39, 0.29) is 5.41 Å². The highest BCUT2D eigenvalue weighted by Gasteiger charge is 2.34. The number of nitrogens with one attached hydrogen (secondary N) is 1. The molecule has 26 heavy (non-hydrogen) atoms. The molecule has 1 aliphatic carbocycles. The second kappa shape index (κ2) is 9.26. The number of nitrogens with zero attached hydrogens (tertiary/aromatic N) is 1. The molecule has 0 bridgehead atoms. The van der Waals surface area contributed by atoms with E-state index >= 15 is 0 Å². The Balaban J connectivity index is 1.53. The topological polar surface area (TPSA) is 61.8 Å². The zero-order valence-electron chi connectivity index (χ0n) is 15.7. The van der Waals surface area contributed by atoms with Crippen LogP contribution in [0.1, 0.15) is 56.9 Å². The van der Waals surface area contributed by atoms with Crippen LogP contribution in [0.2, 0.25) is 0 Å². The predicted molar refractivity (Wildman–Crippen MR) is 103 cm³/mol. The molecule has 1 aliphatic heterocycles. The molecule has 5 nitrogen and oxygen atoms in total. The van der Waals surface area contributed by atoms with E-state index in [1.807, 2.05) is 12.1 Å². The van der Waals surface area contributed by atoms with Crippen molar-refractivity contribution in [3.05, 3.63) is 29.8 Å². The zero-order valence-corrected chi connectivity index (χ0v) is 15.7. The Morgan fingerprint density at radius 1 is 1.08 bits per heavy atom. The molecular formula is C21H32N2O3. The summed E-state index contributed by atoms with van der Waals surface area (Å²) in [6.45, 7) is 4.85. The standard InChI is InChI=1S/C21H32N2O3/c24-20(25)22-17-21(11-2-1-3-12-21)18-7-9-19(10-8-18)26-16-6-15-23-13-4-5-14-23/h7-10,22H,1-6,11-17H2,(H,24,25). The van der Waals surface area contributed by atoms with Gasteiger partial charge in [0, 0.05) is 18.5 Å². The predicted octanol–water partition coefficient (Wildman–Crippen LogP) is 4.02. The second-order valence-corrected chi connectivity index (χ2v) is 7.77. The fourth-order valence-corrected chi connectivity index (χ4v) is 4.43. The first-order valence-corrected chi connectivity index (χ1v) is 10.1. The fraction of sp³-hybridized carbons (Fsp3) is 0.667. The van der Waals surface area contributed by atoms with Gasteiger partial charge in [0.2, 0.25) is 0 Å². The number of ether oxygens (including phenoxy) is 1. The van der Waals surface area contributed by atoms with Crippen LogP contribution in [0.15, 0.2) is 24.3 Å². The molecule has 0 radical (unpaired) electrons. The minimum absolute atomic E-state index is 0.0646. The molecule has 2 aliphatic rings. The monoisotopic (exact) mass is 360 g/mol. The van der Waals surface area contributed by atoms with Gasteiger partial charge in [0.25, 0.3) is 0 Å². The number of hydrogen-bond acceptors (Lipinski definition) is 3. The van der Waals surface area contributed by atoms with Gasteiger partial charge in [-0.3, -0.25) is 0 Å². The molecule has 5 heteroatoms. The smallest absolute Gasteiger partial charge is 0.404 e. The molecule has 1 aromatic rings. The fourth-order valence-electron chi connectivity index (χ4n) is 4.43. The van der Waals surface area contributed by atoms with Gasteiger partial charge >= 0.3 is 6.09 Å². The van der Waals surface area contributed by atoms with Crippen molar-refractivity contribution in [1.29, 1.82) is 0 Å². The highest BCUT2D eigenvalue weighted by atomic mass is 16.5. The number of carboxylic acid groups (broad SMARTS) is 1. The molecule has 2 fully saturated rings. The largest absolute Gasteiger partial charge is 0.494 e. The van der Waals surface area contributed by atoms with Gasteiger partial charge in [-0.05, 0) is 62.9 Å². The maximum absolute atomic E-state index is 11.0. The summed E-state index contributed by atoms with van der Waals surface area (Å²) < 4.78 is 5.90. The third kappa shape index (κ3) is 5.13. The maximum Gasteiger partial charge on any atom is 0.404 e. The van der Waals surface area contributed by atoms with Crippen LogP contribution in [0.3, 0.4) is 0 Å². The van der Waals surface area contributed by atoms with E-state index in [9.17, 15) is 4.79 Å². The van der Waals surface area contributed by atoms with Crippen LogP contribution in [-0.2, 0) is 5.41 Å². The van der Waals surface area contributed by atoms with Crippen molar-refractivity contribution in [1.82, 2.24) is 10.2 Å². The Bertz CT molecular complexity index is 561. The Hall–Kier alpha value is -1.75. The van der Waals surface area contributed by atoms with E-state index in [4.69, 9.17) is 9.84 Å². The zero-order chi connectivity index (χ0) is 18.2.